The largest absolute Gasteiger partial charge is 0.250 e. The third kappa shape index (κ3) is 2.75. The number of halogens is 1. The van der Waals surface area contributed by atoms with Crippen molar-refractivity contribution in [1.82, 2.24) is 19.7 Å². The predicted octanol–water partition coefficient (Wildman–Crippen LogP) is 2.56. The molecule has 1 atom stereocenters. The molecule has 0 radical (unpaired) electrons. The molecule has 2 aromatic heterocycles. The molecule has 2 rings (SSSR count). The van der Waals surface area contributed by atoms with E-state index < -0.39 is 0 Å². The minimum absolute atomic E-state index is 0.119. The first-order chi connectivity index (χ1) is 8.08. The Kier molecular flexibility index (Phi) is 3.62. The Hall–Kier alpha value is -1.16. The SMILES string of the molecule is CC(C)CC(Cl)Cc1ncnc2c1cnn2C. The molecule has 4 nitrogen and oxygen atoms in total. The predicted molar refractivity (Wildman–Crippen MR) is 69.1 cm³/mol. The van der Waals surface area contributed by atoms with Gasteiger partial charge in [0.15, 0.2) is 5.65 Å². The van der Waals surface area contributed by atoms with Crippen molar-refractivity contribution in [2.75, 3.05) is 0 Å². The van der Waals surface area contributed by atoms with Crippen molar-refractivity contribution in [3.8, 4) is 0 Å². The van der Waals surface area contributed by atoms with Gasteiger partial charge in [-0.05, 0) is 12.3 Å². The van der Waals surface area contributed by atoms with Gasteiger partial charge in [-0.3, -0.25) is 4.68 Å². The molecule has 0 saturated carbocycles. The van der Waals surface area contributed by atoms with E-state index in [1.165, 1.54) is 0 Å². The molecule has 2 aromatic rings. The van der Waals surface area contributed by atoms with Gasteiger partial charge in [-0.15, -0.1) is 11.6 Å². The van der Waals surface area contributed by atoms with Crippen LogP contribution in [0.2, 0.25) is 0 Å². The molecule has 5 heteroatoms. The minimum atomic E-state index is 0.119. The van der Waals surface area contributed by atoms with Crippen molar-refractivity contribution in [3.63, 3.8) is 0 Å². The topological polar surface area (TPSA) is 43.6 Å². The van der Waals surface area contributed by atoms with Gasteiger partial charge in [0.2, 0.25) is 0 Å². The molecule has 17 heavy (non-hydrogen) atoms. The first kappa shape index (κ1) is 12.3. The van der Waals surface area contributed by atoms with Gasteiger partial charge < -0.3 is 0 Å². The summed E-state index contributed by atoms with van der Waals surface area (Å²) in [5, 5.41) is 5.32. The van der Waals surface area contributed by atoms with Crippen molar-refractivity contribution in [1.29, 1.82) is 0 Å². The first-order valence-corrected chi connectivity index (χ1v) is 6.27. The number of alkyl halides is 1. The van der Waals surface area contributed by atoms with Crippen LogP contribution in [-0.4, -0.2) is 25.1 Å². The zero-order chi connectivity index (χ0) is 12.4. The monoisotopic (exact) mass is 252 g/mol. The summed E-state index contributed by atoms with van der Waals surface area (Å²) in [4.78, 5) is 8.53. The average Bonchev–Trinajstić information content (AvgIpc) is 2.61. The van der Waals surface area contributed by atoms with E-state index in [2.05, 4.69) is 28.9 Å². The number of hydrogen-bond acceptors (Lipinski definition) is 3. The van der Waals surface area contributed by atoms with E-state index in [0.717, 1.165) is 29.6 Å². The Balaban J connectivity index is 2.24. The lowest BCUT2D eigenvalue weighted by Gasteiger charge is -2.11. The van der Waals surface area contributed by atoms with Crippen LogP contribution in [0, 0.1) is 5.92 Å². The maximum absolute atomic E-state index is 6.33. The summed E-state index contributed by atoms with van der Waals surface area (Å²) in [6.45, 7) is 4.35. The molecule has 2 heterocycles. The smallest absolute Gasteiger partial charge is 0.161 e. The lowest BCUT2D eigenvalue weighted by molar-refractivity contribution is 0.559. The van der Waals surface area contributed by atoms with E-state index in [0.29, 0.717) is 5.92 Å². The van der Waals surface area contributed by atoms with E-state index in [1.54, 1.807) is 11.0 Å². The zero-order valence-corrected chi connectivity index (χ0v) is 11.1. The Morgan fingerprint density at radius 3 is 2.82 bits per heavy atom. The number of rotatable bonds is 4. The molecule has 92 valence electrons. The minimum Gasteiger partial charge on any atom is -0.250 e. The van der Waals surface area contributed by atoms with Gasteiger partial charge in [-0.2, -0.15) is 5.10 Å². The summed E-state index contributed by atoms with van der Waals surface area (Å²) in [5.41, 5.74) is 1.85. The highest BCUT2D eigenvalue weighted by molar-refractivity contribution is 6.20. The molecule has 0 aliphatic rings. The third-order valence-corrected chi connectivity index (χ3v) is 3.09. The van der Waals surface area contributed by atoms with Gasteiger partial charge in [-0.25, -0.2) is 9.97 Å². The van der Waals surface area contributed by atoms with E-state index >= 15 is 0 Å². The number of fused-ring (bicyclic) bond motifs is 1. The van der Waals surface area contributed by atoms with Crippen LogP contribution >= 0.6 is 11.6 Å². The second-order valence-corrected chi connectivity index (χ2v) is 5.37. The van der Waals surface area contributed by atoms with Crippen LogP contribution in [0.4, 0.5) is 0 Å². The van der Waals surface area contributed by atoms with E-state index in [9.17, 15) is 0 Å². The van der Waals surface area contributed by atoms with Crippen molar-refractivity contribution in [3.05, 3.63) is 18.2 Å². The molecule has 0 spiro atoms. The van der Waals surface area contributed by atoms with Crippen LogP contribution in [0.1, 0.15) is 26.0 Å². The molecule has 0 aliphatic heterocycles. The van der Waals surface area contributed by atoms with Crippen molar-refractivity contribution in [2.45, 2.75) is 32.1 Å². The Morgan fingerprint density at radius 2 is 2.12 bits per heavy atom. The fourth-order valence-electron chi connectivity index (χ4n) is 1.98. The molecule has 0 bridgehead atoms. The van der Waals surface area contributed by atoms with Crippen molar-refractivity contribution < 1.29 is 0 Å². The number of hydrogen-bond donors (Lipinski definition) is 0. The second-order valence-electron chi connectivity index (χ2n) is 4.76. The molecule has 0 aliphatic carbocycles. The molecule has 0 amide bonds. The molecule has 0 N–H and O–H groups in total. The second kappa shape index (κ2) is 5.00. The molecule has 0 saturated heterocycles. The number of nitrogens with zero attached hydrogens (tertiary/aromatic N) is 4. The summed E-state index contributed by atoms with van der Waals surface area (Å²) in [7, 11) is 1.88. The normalized spacial score (nSPS) is 13.5. The van der Waals surface area contributed by atoms with Crippen LogP contribution in [0.15, 0.2) is 12.5 Å². The maximum atomic E-state index is 6.33. The van der Waals surface area contributed by atoms with Crippen LogP contribution in [0.3, 0.4) is 0 Å². The summed E-state index contributed by atoms with van der Waals surface area (Å²) >= 11 is 6.33. The lowest BCUT2D eigenvalue weighted by atomic mass is 10.0. The fraction of sp³-hybridized carbons (Fsp3) is 0.583. The van der Waals surface area contributed by atoms with Gasteiger partial charge in [-0.1, -0.05) is 13.8 Å². The summed E-state index contributed by atoms with van der Waals surface area (Å²) in [6.07, 6.45) is 5.15. The van der Waals surface area contributed by atoms with E-state index in [4.69, 9.17) is 11.6 Å². The van der Waals surface area contributed by atoms with E-state index in [-0.39, 0.29) is 5.38 Å². The van der Waals surface area contributed by atoms with Crippen LogP contribution in [0.25, 0.3) is 11.0 Å². The van der Waals surface area contributed by atoms with Gasteiger partial charge in [0, 0.05) is 18.8 Å². The van der Waals surface area contributed by atoms with Crippen LogP contribution < -0.4 is 0 Å². The average molecular weight is 253 g/mol. The van der Waals surface area contributed by atoms with Gasteiger partial charge >= 0.3 is 0 Å². The molecular weight excluding hydrogens is 236 g/mol. The summed E-state index contributed by atoms with van der Waals surface area (Å²) < 4.78 is 1.76. The number of aromatic nitrogens is 4. The Labute approximate surface area is 106 Å². The zero-order valence-electron chi connectivity index (χ0n) is 10.4. The van der Waals surface area contributed by atoms with Crippen molar-refractivity contribution in [2.24, 2.45) is 13.0 Å². The highest BCUT2D eigenvalue weighted by atomic mass is 35.5. The fourth-order valence-corrected chi connectivity index (χ4v) is 2.48. The van der Waals surface area contributed by atoms with Gasteiger partial charge in [0.1, 0.15) is 6.33 Å². The molecular formula is C12H17ClN4. The molecule has 0 fully saturated rings. The highest BCUT2D eigenvalue weighted by Gasteiger charge is 2.13. The first-order valence-electron chi connectivity index (χ1n) is 5.83. The van der Waals surface area contributed by atoms with Crippen molar-refractivity contribution >= 4 is 22.6 Å². The standard InChI is InChI=1S/C12H17ClN4/c1-8(2)4-9(13)5-11-10-6-16-17(3)12(10)15-7-14-11/h6-9H,4-5H2,1-3H3. The molecule has 1 unspecified atom stereocenters. The molecule has 0 aromatic carbocycles. The maximum Gasteiger partial charge on any atom is 0.161 e. The van der Waals surface area contributed by atoms with Crippen LogP contribution in [0.5, 0.6) is 0 Å². The van der Waals surface area contributed by atoms with E-state index in [1.807, 2.05) is 13.2 Å². The van der Waals surface area contributed by atoms with Crippen LogP contribution in [-0.2, 0) is 13.5 Å². The van der Waals surface area contributed by atoms with Gasteiger partial charge in [0.25, 0.3) is 0 Å². The Bertz CT molecular complexity index is 506. The number of aryl methyl sites for hydroxylation is 1. The quantitative estimate of drug-likeness (QED) is 0.786. The van der Waals surface area contributed by atoms with Gasteiger partial charge in [0.05, 0.1) is 17.3 Å². The highest BCUT2D eigenvalue weighted by Crippen LogP contribution is 2.19. The summed E-state index contributed by atoms with van der Waals surface area (Å²) in [5.74, 6) is 0.601. The summed E-state index contributed by atoms with van der Waals surface area (Å²) in [6, 6.07) is 0. The Morgan fingerprint density at radius 1 is 1.35 bits per heavy atom. The lowest BCUT2D eigenvalue weighted by Crippen LogP contribution is -2.09. The third-order valence-electron chi connectivity index (χ3n) is 2.75.